The van der Waals surface area contributed by atoms with Crippen LogP contribution in [0.5, 0.6) is 0 Å². The molecule has 7 heteroatoms. The van der Waals surface area contributed by atoms with Gasteiger partial charge in [-0.15, -0.1) is 16.4 Å². The first-order valence-corrected chi connectivity index (χ1v) is 9.48. The lowest BCUT2D eigenvalue weighted by atomic mass is 9.96. The molecule has 2 heterocycles. The Labute approximate surface area is 155 Å². The van der Waals surface area contributed by atoms with Crippen molar-refractivity contribution in [3.8, 4) is 10.8 Å². The molecule has 2 aromatic heterocycles. The van der Waals surface area contributed by atoms with Crippen molar-refractivity contribution < 1.29 is 9.21 Å². The second-order valence-corrected chi connectivity index (χ2v) is 6.89. The summed E-state index contributed by atoms with van der Waals surface area (Å²) in [6.45, 7) is 2.88. The summed E-state index contributed by atoms with van der Waals surface area (Å²) in [5.74, 6) is -0.0789. The molecule has 26 heavy (non-hydrogen) atoms. The molecule has 0 saturated heterocycles. The van der Waals surface area contributed by atoms with Crippen LogP contribution < -0.4 is 11.1 Å². The summed E-state index contributed by atoms with van der Waals surface area (Å²) in [6, 6.07) is 13.8. The van der Waals surface area contributed by atoms with Crippen LogP contribution in [0.15, 0.2) is 57.1 Å². The van der Waals surface area contributed by atoms with Crippen molar-refractivity contribution in [2.45, 2.75) is 32.2 Å². The minimum absolute atomic E-state index is 0.105. The van der Waals surface area contributed by atoms with E-state index < -0.39 is 5.76 Å². The molecule has 0 spiro atoms. The molecule has 0 bridgehead atoms. The van der Waals surface area contributed by atoms with Crippen LogP contribution in [0.3, 0.4) is 0 Å². The Bertz CT molecular complexity index is 884. The van der Waals surface area contributed by atoms with Gasteiger partial charge in [0, 0.05) is 18.9 Å². The smallest absolute Gasteiger partial charge is 0.387 e. The molecule has 0 aliphatic heterocycles. The molecular formula is C19H21N3O3S. The highest BCUT2D eigenvalue weighted by molar-refractivity contribution is 7.13. The molecule has 0 unspecified atom stereocenters. The fourth-order valence-corrected chi connectivity index (χ4v) is 3.35. The van der Waals surface area contributed by atoms with Gasteiger partial charge in [0.05, 0.1) is 11.4 Å². The number of aryl methyl sites for hydroxylation is 1. The van der Waals surface area contributed by atoms with Crippen molar-refractivity contribution >= 4 is 17.2 Å². The summed E-state index contributed by atoms with van der Waals surface area (Å²) in [7, 11) is 0. The molecule has 0 fully saturated rings. The molecule has 0 aliphatic rings. The van der Waals surface area contributed by atoms with Crippen molar-refractivity contribution in [2.24, 2.45) is 0 Å². The summed E-state index contributed by atoms with van der Waals surface area (Å²) >= 11 is 1.45. The highest BCUT2D eigenvalue weighted by Crippen LogP contribution is 2.21. The van der Waals surface area contributed by atoms with E-state index in [4.69, 9.17) is 4.42 Å². The minimum atomic E-state index is -0.545. The van der Waals surface area contributed by atoms with Gasteiger partial charge >= 0.3 is 5.76 Å². The molecule has 1 atom stereocenters. The number of rotatable bonds is 8. The van der Waals surface area contributed by atoms with E-state index in [9.17, 15) is 9.59 Å². The number of hydrogen-bond acceptors (Lipinski definition) is 5. The number of carbonyl (C=O) groups is 1. The molecule has 6 nitrogen and oxygen atoms in total. The number of hydrogen-bond donors (Lipinski definition) is 1. The normalized spacial score (nSPS) is 12.0. The predicted molar refractivity (Wildman–Crippen MR) is 101 cm³/mol. The molecule has 1 N–H and O–H groups in total. The van der Waals surface area contributed by atoms with Crippen molar-refractivity contribution in [3.63, 3.8) is 0 Å². The first-order valence-electron chi connectivity index (χ1n) is 8.61. The second kappa shape index (κ2) is 8.62. The molecule has 1 amide bonds. The van der Waals surface area contributed by atoms with E-state index in [0.717, 1.165) is 11.3 Å². The number of nitrogens with zero attached hydrogens (tertiary/aromatic N) is 2. The molecule has 1 aromatic carbocycles. The van der Waals surface area contributed by atoms with Gasteiger partial charge in [-0.3, -0.25) is 4.79 Å². The maximum atomic E-state index is 12.1. The number of benzene rings is 1. The van der Waals surface area contributed by atoms with Crippen LogP contribution in [0.4, 0.5) is 0 Å². The largest absolute Gasteiger partial charge is 0.437 e. The van der Waals surface area contributed by atoms with E-state index in [-0.39, 0.29) is 24.8 Å². The summed E-state index contributed by atoms with van der Waals surface area (Å²) < 4.78 is 6.34. The van der Waals surface area contributed by atoms with Gasteiger partial charge < -0.3 is 9.73 Å². The quantitative estimate of drug-likeness (QED) is 0.659. The predicted octanol–water partition coefficient (Wildman–Crippen LogP) is 3.26. The van der Waals surface area contributed by atoms with Gasteiger partial charge in [0.1, 0.15) is 0 Å². The number of aromatic nitrogens is 2. The molecular weight excluding hydrogens is 350 g/mol. The lowest BCUT2D eigenvalue weighted by molar-refractivity contribution is -0.121. The van der Waals surface area contributed by atoms with Crippen LogP contribution in [-0.4, -0.2) is 22.2 Å². The van der Waals surface area contributed by atoms with Crippen LogP contribution in [0.2, 0.25) is 0 Å². The third kappa shape index (κ3) is 4.49. The molecule has 3 aromatic rings. The topological polar surface area (TPSA) is 77.1 Å². The molecule has 0 saturated carbocycles. The standard InChI is InChI=1S/C19H21N3O3S/c1-2-14(15-7-4-3-5-8-15)13-20-17(23)10-11-22-19(24)25-18(21-22)16-9-6-12-26-16/h3-9,12,14H,2,10-11,13H2,1H3,(H,20,23)/t14-/m0/s1. The Kier molecular flexibility index (Phi) is 6.01. The lowest BCUT2D eigenvalue weighted by Gasteiger charge is -2.16. The van der Waals surface area contributed by atoms with Gasteiger partial charge in [0.25, 0.3) is 5.89 Å². The van der Waals surface area contributed by atoms with E-state index in [0.29, 0.717) is 12.4 Å². The average Bonchev–Trinajstić information content (AvgIpc) is 3.31. The van der Waals surface area contributed by atoms with Crippen LogP contribution in [0.1, 0.15) is 31.2 Å². The van der Waals surface area contributed by atoms with Crippen LogP contribution in [0, 0.1) is 0 Å². The van der Waals surface area contributed by atoms with E-state index in [1.165, 1.54) is 21.6 Å². The number of carbonyl (C=O) groups excluding carboxylic acids is 1. The van der Waals surface area contributed by atoms with Crippen molar-refractivity contribution in [2.75, 3.05) is 6.54 Å². The highest BCUT2D eigenvalue weighted by atomic mass is 32.1. The highest BCUT2D eigenvalue weighted by Gasteiger charge is 2.14. The van der Waals surface area contributed by atoms with Crippen LogP contribution in [0.25, 0.3) is 10.8 Å². The zero-order chi connectivity index (χ0) is 18.4. The van der Waals surface area contributed by atoms with Gasteiger partial charge in [0.15, 0.2) is 0 Å². The van der Waals surface area contributed by atoms with Crippen LogP contribution >= 0.6 is 11.3 Å². The molecule has 0 aliphatic carbocycles. The van der Waals surface area contributed by atoms with E-state index >= 15 is 0 Å². The summed E-state index contributed by atoms with van der Waals surface area (Å²) in [4.78, 5) is 24.8. The van der Waals surface area contributed by atoms with Gasteiger partial charge in [-0.1, -0.05) is 43.3 Å². The molecule has 0 radical (unpaired) electrons. The summed E-state index contributed by atoms with van der Waals surface area (Å²) in [5, 5.41) is 8.98. The van der Waals surface area contributed by atoms with Gasteiger partial charge in [-0.25, -0.2) is 4.79 Å². The first-order chi connectivity index (χ1) is 12.7. The molecule has 3 rings (SSSR count). The van der Waals surface area contributed by atoms with Crippen molar-refractivity contribution in [1.82, 2.24) is 15.1 Å². The Hall–Kier alpha value is -2.67. The maximum Gasteiger partial charge on any atom is 0.437 e. The first kappa shape index (κ1) is 18.1. The average molecular weight is 371 g/mol. The molecule has 136 valence electrons. The fourth-order valence-electron chi connectivity index (χ4n) is 2.70. The van der Waals surface area contributed by atoms with E-state index in [2.05, 4.69) is 29.5 Å². The Morgan fingerprint density at radius 2 is 2.08 bits per heavy atom. The van der Waals surface area contributed by atoms with Crippen molar-refractivity contribution in [3.05, 3.63) is 64.0 Å². The van der Waals surface area contributed by atoms with Gasteiger partial charge in [-0.05, 0) is 23.4 Å². The minimum Gasteiger partial charge on any atom is -0.387 e. The van der Waals surface area contributed by atoms with Gasteiger partial charge in [0.2, 0.25) is 5.91 Å². The number of nitrogens with one attached hydrogen (secondary N) is 1. The number of thiophene rings is 1. The van der Waals surface area contributed by atoms with Crippen molar-refractivity contribution in [1.29, 1.82) is 0 Å². The third-order valence-corrected chi connectivity index (χ3v) is 5.06. The van der Waals surface area contributed by atoms with E-state index in [1.54, 1.807) is 0 Å². The van der Waals surface area contributed by atoms with Gasteiger partial charge in [-0.2, -0.15) is 4.68 Å². The summed E-state index contributed by atoms with van der Waals surface area (Å²) in [5.41, 5.74) is 1.21. The third-order valence-electron chi connectivity index (χ3n) is 4.20. The maximum absolute atomic E-state index is 12.1. The zero-order valence-corrected chi connectivity index (χ0v) is 15.4. The Morgan fingerprint density at radius 1 is 1.27 bits per heavy atom. The Balaban J connectivity index is 1.52. The Morgan fingerprint density at radius 3 is 2.77 bits per heavy atom. The SMILES string of the molecule is CC[C@@H](CNC(=O)CCn1nc(-c2cccs2)oc1=O)c1ccccc1. The number of amides is 1. The van der Waals surface area contributed by atoms with E-state index in [1.807, 2.05) is 35.7 Å². The fraction of sp³-hybridized carbons (Fsp3) is 0.316. The summed E-state index contributed by atoms with van der Waals surface area (Å²) in [6.07, 6.45) is 1.12. The zero-order valence-electron chi connectivity index (χ0n) is 14.6. The lowest BCUT2D eigenvalue weighted by Crippen LogP contribution is -2.30. The monoisotopic (exact) mass is 371 g/mol. The second-order valence-electron chi connectivity index (χ2n) is 5.94. The van der Waals surface area contributed by atoms with Crippen LogP contribution in [-0.2, 0) is 11.3 Å².